The Bertz CT molecular complexity index is 296. The van der Waals surface area contributed by atoms with Crippen LogP contribution >= 0.6 is 0 Å². The van der Waals surface area contributed by atoms with Crippen LogP contribution in [0.15, 0.2) is 0 Å². The Balaban J connectivity index is 2.12. The molecule has 1 rings (SSSR count). The summed E-state index contributed by atoms with van der Waals surface area (Å²) < 4.78 is 4.58. The van der Waals surface area contributed by atoms with Gasteiger partial charge in [-0.25, -0.2) is 0 Å². The van der Waals surface area contributed by atoms with Gasteiger partial charge in [0.1, 0.15) is 0 Å². The molecule has 110 valence electrons. The van der Waals surface area contributed by atoms with Crippen LogP contribution in [-0.2, 0) is 14.3 Å². The van der Waals surface area contributed by atoms with E-state index in [0.29, 0.717) is 6.42 Å². The van der Waals surface area contributed by atoms with Crippen LogP contribution in [0.2, 0.25) is 0 Å². The molecule has 0 bridgehead atoms. The van der Waals surface area contributed by atoms with Gasteiger partial charge in [0.05, 0.1) is 7.11 Å². The molecule has 1 aliphatic carbocycles. The van der Waals surface area contributed by atoms with Crippen molar-refractivity contribution < 1.29 is 14.3 Å². The fraction of sp³-hybridized carbons (Fsp3) is 0.867. The van der Waals surface area contributed by atoms with Gasteiger partial charge in [0.25, 0.3) is 0 Å². The fourth-order valence-electron chi connectivity index (χ4n) is 2.86. The number of unbranched alkanes of at least 4 members (excludes halogenated alkanes) is 2. The quantitative estimate of drug-likeness (QED) is 0.544. The standard InChI is InChI=1S/C15H27NO3/c1-3-15(10-6-7-11-15)14(18)16-12-8-4-5-9-13(17)19-2/h3-12H2,1-2H3,(H,16,18). The highest BCUT2D eigenvalue weighted by molar-refractivity contribution is 5.82. The van der Waals surface area contributed by atoms with E-state index in [0.717, 1.165) is 45.1 Å². The number of methoxy groups -OCH3 is 1. The van der Waals surface area contributed by atoms with Crippen molar-refractivity contribution >= 4 is 11.9 Å². The number of hydrogen-bond donors (Lipinski definition) is 1. The molecule has 19 heavy (non-hydrogen) atoms. The molecule has 0 aromatic heterocycles. The Morgan fingerprint density at radius 2 is 1.84 bits per heavy atom. The maximum Gasteiger partial charge on any atom is 0.305 e. The van der Waals surface area contributed by atoms with Crippen molar-refractivity contribution in [2.24, 2.45) is 5.41 Å². The third-order valence-electron chi connectivity index (χ3n) is 4.29. The Labute approximate surface area is 116 Å². The minimum absolute atomic E-state index is 0.0913. The van der Waals surface area contributed by atoms with E-state index in [1.807, 2.05) is 0 Å². The van der Waals surface area contributed by atoms with Crippen LogP contribution in [0.3, 0.4) is 0 Å². The SMILES string of the molecule is CCC1(C(=O)NCCCCCC(=O)OC)CCCC1. The number of carbonyl (C=O) groups excluding carboxylic acids is 2. The topological polar surface area (TPSA) is 55.4 Å². The van der Waals surface area contributed by atoms with E-state index in [1.54, 1.807) is 0 Å². The Hall–Kier alpha value is -1.06. The molecule has 0 aliphatic heterocycles. The predicted octanol–water partition coefficient (Wildman–Crippen LogP) is 2.81. The first-order chi connectivity index (χ1) is 9.14. The maximum atomic E-state index is 12.2. The lowest BCUT2D eigenvalue weighted by molar-refractivity contribution is -0.140. The zero-order chi connectivity index (χ0) is 14.1. The molecule has 0 aromatic rings. The van der Waals surface area contributed by atoms with Gasteiger partial charge in [-0.3, -0.25) is 9.59 Å². The lowest BCUT2D eigenvalue weighted by Gasteiger charge is -2.25. The third kappa shape index (κ3) is 4.84. The van der Waals surface area contributed by atoms with Crippen molar-refractivity contribution in [3.8, 4) is 0 Å². The lowest BCUT2D eigenvalue weighted by Crippen LogP contribution is -2.39. The number of esters is 1. The van der Waals surface area contributed by atoms with E-state index >= 15 is 0 Å². The van der Waals surface area contributed by atoms with Crippen molar-refractivity contribution in [2.45, 2.75) is 64.7 Å². The van der Waals surface area contributed by atoms with Gasteiger partial charge < -0.3 is 10.1 Å². The van der Waals surface area contributed by atoms with Gasteiger partial charge in [0.2, 0.25) is 5.91 Å². The van der Waals surface area contributed by atoms with E-state index in [4.69, 9.17) is 0 Å². The van der Waals surface area contributed by atoms with Crippen LogP contribution < -0.4 is 5.32 Å². The van der Waals surface area contributed by atoms with Gasteiger partial charge in [0.15, 0.2) is 0 Å². The molecule has 0 heterocycles. The molecule has 1 aliphatic rings. The summed E-state index contributed by atoms with van der Waals surface area (Å²) in [6.07, 6.45) is 8.58. The summed E-state index contributed by atoms with van der Waals surface area (Å²) in [6.45, 7) is 2.84. The minimum atomic E-state index is -0.153. The minimum Gasteiger partial charge on any atom is -0.469 e. The van der Waals surface area contributed by atoms with E-state index in [9.17, 15) is 9.59 Å². The maximum absolute atomic E-state index is 12.2. The second-order valence-electron chi connectivity index (χ2n) is 5.48. The number of rotatable bonds is 8. The van der Waals surface area contributed by atoms with Crippen LogP contribution in [-0.4, -0.2) is 25.5 Å². The van der Waals surface area contributed by atoms with Crippen molar-refractivity contribution in [3.05, 3.63) is 0 Å². The molecular weight excluding hydrogens is 242 g/mol. The van der Waals surface area contributed by atoms with Crippen LogP contribution in [0.4, 0.5) is 0 Å². The summed E-state index contributed by atoms with van der Waals surface area (Å²) in [5.74, 6) is 0.0837. The zero-order valence-electron chi connectivity index (χ0n) is 12.3. The monoisotopic (exact) mass is 269 g/mol. The van der Waals surface area contributed by atoms with E-state index < -0.39 is 0 Å². The average Bonchev–Trinajstić information content (AvgIpc) is 2.92. The Kier molecular flexibility index (Phi) is 6.89. The summed E-state index contributed by atoms with van der Waals surface area (Å²) in [5.41, 5.74) is -0.0913. The molecule has 0 radical (unpaired) electrons. The summed E-state index contributed by atoms with van der Waals surface area (Å²) in [5, 5.41) is 3.06. The molecule has 0 atom stereocenters. The highest BCUT2D eigenvalue weighted by atomic mass is 16.5. The fourth-order valence-corrected chi connectivity index (χ4v) is 2.86. The second kappa shape index (κ2) is 8.18. The van der Waals surface area contributed by atoms with Crippen molar-refractivity contribution in [3.63, 3.8) is 0 Å². The normalized spacial score (nSPS) is 17.2. The van der Waals surface area contributed by atoms with Crippen LogP contribution in [0.1, 0.15) is 64.7 Å². The first kappa shape index (κ1) is 16.0. The van der Waals surface area contributed by atoms with Crippen LogP contribution in [0.5, 0.6) is 0 Å². The Morgan fingerprint density at radius 3 is 2.42 bits per heavy atom. The average molecular weight is 269 g/mol. The molecule has 0 unspecified atom stereocenters. The van der Waals surface area contributed by atoms with Gasteiger partial charge in [-0.05, 0) is 32.1 Å². The highest BCUT2D eigenvalue weighted by Crippen LogP contribution is 2.40. The first-order valence-corrected chi connectivity index (χ1v) is 7.50. The molecular formula is C15H27NO3. The smallest absolute Gasteiger partial charge is 0.305 e. The largest absolute Gasteiger partial charge is 0.469 e. The molecule has 0 spiro atoms. The van der Waals surface area contributed by atoms with Crippen molar-refractivity contribution in [1.29, 1.82) is 0 Å². The van der Waals surface area contributed by atoms with Gasteiger partial charge in [0, 0.05) is 18.4 Å². The lowest BCUT2D eigenvalue weighted by atomic mass is 9.82. The van der Waals surface area contributed by atoms with E-state index in [1.165, 1.54) is 20.0 Å². The molecule has 1 amide bonds. The predicted molar refractivity (Wildman–Crippen MR) is 74.7 cm³/mol. The number of carbonyl (C=O) groups is 2. The third-order valence-corrected chi connectivity index (χ3v) is 4.29. The number of ether oxygens (including phenoxy) is 1. The van der Waals surface area contributed by atoms with E-state index in [-0.39, 0.29) is 17.3 Å². The van der Waals surface area contributed by atoms with Gasteiger partial charge in [-0.1, -0.05) is 26.2 Å². The van der Waals surface area contributed by atoms with Crippen LogP contribution in [0.25, 0.3) is 0 Å². The summed E-state index contributed by atoms with van der Waals surface area (Å²) >= 11 is 0. The van der Waals surface area contributed by atoms with Gasteiger partial charge in [-0.15, -0.1) is 0 Å². The Morgan fingerprint density at radius 1 is 1.16 bits per heavy atom. The molecule has 1 saturated carbocycles. The van der Waals surface area contributed by atoms with Crippen LogP contribution in [0, 0.1) is 5.41 Å². The van der Waals surface area contributed by atoms with Crippen molar-refractivity contribution in [2.75, 3.05) is 13.7 Å². The van der Waals surface area contributed by atoms with Crippen molar-refractivity contribution in [1.82, 2.24) is 5.32 Å². The number of amides is 1. The van der Waals surface area contributed by atoms with Gasteiger partial charge in [-0.2, -0.15) is 0 Å². The zero-order valence-corrected chi connectivity index (χ0v) is 12.3. The molecule has 4 nitrogen and oxygen atoms in total. The molecule has 0 aromatic carbocycles. The number of hydrogen-bond acceptors (Lipinski definition) is 3. The number of nitrogens with one attached hydrogen (secondary N) is 1. The summed E-state index contributed by atoms with van der Waals surface area (Å²) in [4.78, 5) is 23.1. The molecule has 1 fully saturated rings. The molecule has 0 saturated heterocycles. The summed E-state index contributed by atoms with van der Waals surface area (Å²) in [6, 6.07) is 0. The first-order valence-electron chi connectivity index (χ1n) is 7.50. The molecule has 4 heteroatoms. The van der Waals surface area contributed by atoms with Gasteiger partial charge >= 0.3 is 5.97 Å². The molecule has 1 N–H and O–H groups in total. The second-order valence-corrected chi connectivity index (χ2v) is 5.48. The van der Waals surface area contributed by atoms with E-state index in [2.05, 4.69) is 17.0 Å². The highest BCUT2D eigenvalue weighted by Gasteiger charge is 2.38. The summed E-state index contributed by atoms with van der Waals surface area (Å²) in [7, 11) is 1.41.